The van der Waals surface area contributed by atoms with E-state index in [1.54, 1.807) is 12.5 Å². The second-order valence-electron chi connectivity index (χ2n) is 8.30. The molecular weight excluding hydrogens is 378 g/mol. The van der Waals surface area contributed by atoms with Crippen molar-refractivity contribution in [2.75, 3.05) is 24.3 Å². The minimum atomic E-state index is 0.0562. The summed E-state index contributed by atoms with van der Waals surface area (Å²) in [6.07, 6.45) is 7.55. The average molecular weight is 408 g/mol. The van der Waals surface area contributed by atoms with Gasteiger partial charge in [0.1, 0.15) is 11.4 Å². The standard InChI is InChI=1S/C23H29N5O2/c1-15-4-9-20-19(12-15)22(29)16(14-30-20)13-25-17-5-7-18(8-6-17)26-23-24-11-10-21(27-23)28(2)3/h4,9-12,14,17-18,25H,5-8,13H2,1-3H3,(H,24,26,27). The van der Waals surface area contributed by atoms with Crippen LogP contribution in [0.3, 0.4) is 0 Å². The molecule has 1 aliphatic rings. The number of aryl methyl sites for hydroxylation is 1. The molecule has 0 atom stereocenters. The minimum absolute atomic E-state index is 0.0562. The topological polar surface area (TPSA) is 83.3 Å². The van der Waals surface area contributed by atoms with Crippen molar-refractivity contribution in [1.82, 2.24) is 15.3 Å². The van der Waals surface area contributed by atoms with Crippen molar-refractivity contribution >= 4 is 22.7 Å². The van der Waals surface area contributed by atoms with Gasteiger partial charge >= 0.3 is 0 Å². The fourth-order valence-electron chi connectivity index (χ4n) is 3.95. The lowest BCUT2D eigenvalue weighted by molar-refractivity contribution is 0.351. The number of fused-ring (bicyclic) bond motifs is 1. The molecule has 2 aromatic heterocycles. The summed E-state index contributed by atoms with van der Waals surface area (Å²) in [5.41, 5.74) is 2.44. The van der Waals surface area contributed by atoms with Crippen LogP contribution < -0.4 is 21.0 Å². The van der Waals surface area contributed by atoms with E-state index in [0.29, 0.717) is 41.1 Å². The van der Waals surface area contributed by atoms with Gasteiger partial charge < -0.3 is 20.0 Å². The maximum Gasteiger partial charge on any atom is 0.224 e. The van der Waals surface area contributed by atoms with E-state index in [4.69, 9.17) is 4.42 Å². The zero-order valence-corrected chi connectivity index (χ0v) is 17.8. The lowest BCUT2D eigenvalue weighted by atomic mass is 9.91. The molecule has 1 aromatic carbocycles. The average Bonchev–Trinajstić information content (AvgIpc) is 2.75. The highest BCUT2D eigenvalue weighted by atomic mass is 16.3. The number of hydrogen-bond acceptors (Lipinski definition) is 7. The number of aromatic nitrogens is 2. The summed E-state index contributed by atoms with van der Waals surface area (Å²) in [5, 5.41) is 7.66. The maximum atomic E-state index is 12.8. The fourth-order valence-corrected chi connectivity index (χ4v) is 3.95. The first-order valence-corrected chi connectivity index (χ1v) is 10.5. The quantitative estimate of drug-likeness (QED) is 0.647. The van der Waals surface area contributed by atoms with E-state index in [-0.39, 0.29) is 5.43 Å². The van der Waals surface area contributed by atoms with Gasteiger partial charge in [-0.15, -0.1) is 0 Å². The highest BCUT2D eigenvalue weighted by Gasteiger charge is 2.22. The van der Waals surface area contributed by atoms with Crippen molar-refractivity contribution < 1.29 is 4.42 Å². The molecule has 2 N–H and O–H groups in total. The normalized spacial score (nSPS) is 19.0. The van der Waals surface area contributed by atoms with Crippen LogP contribution in [0.25, 0.3) is 11.0 Å². The Labute approximate surface area is 176 Å². The molecule has 3 aromatic rings. The van der Waals surface area contributed by atoms with E-state index < -0.39 is 0 Å². The summed E-state index contributed by atoms with van der Waals surface area (Å²) in [5.74, 6) is 1.58. The van der Waals surface area contributed by atoms with Crippen molar-refractivity contribution in [3.63, 3.8) is 0 Å². The third-order valence-corrected chi connectivity index (χ3v) is 5.74. The van der Waals surface area contributed by atoms with Crippen LogP contribution in [0.5, 0.6) is 0 Å². The van der Waals surface area contributed by atoms with Gasteiger partial charge in [-0.25, -0.2) is 4.98 Å². The second-order valence-corrected chi connectivity index (χ2v) is 8.30. The Morgan fingerprint density at radius 2 is 1.90 bits per heavy atom. The predicted octanol–water partition coefficient (Wildman–Crippen LogP) is 3.47. The largest absolute Gasteiger partial charge is 0.464 e. The summed E-state index contributed by atoms with van der Waals surface area (Å²) in [6.45, 7) is 2.51. The molecule has 0 amide bonds. The van der Waals surface area contributed by atoms with E-state index >= 15 is 0 Å². The summed E-state index contributed by atoms with van der Waals surface area (Å²) in [4.78, 5) is 23.6. The van der Waals surface area contributed by atoms with E-state index in [0.717, 1.165) is 37.1 Å². The van der Waals surface area contributed by atoms with Crippen LogP contribution in [0, 0.1) is 6.92 Å². The van der Waals surface area contributed by atoms with E-state index in [1.807, 2.05) is 50.2 Å². The zero-order valence-electron chi connectivity index (χ0n) is 17.8. The van der Waals surface area contributed by atoms with Gasteiger partial charge in [0.2, 0.25) is 5.95 Å². The molecule has 0 aliphatic heterocycles. The molecule has 7 nitrogen and oxygen atoms in total. The molecule has 1 aliphatic carbocycles. The van der Waals surface area contributed by atoms with Gasteiger partial charge in [0, 0.05) is 44.5 Å². The van der Waals surface area contributed by atoms with Gasteiger partial charge in [-0.05, 0) is 50.8 Å². The van der Waals surface area contributed by atoms with Crippen LogP contribution in [0.4, 0.5) is 11.8 Å². The first-order chi connectivity index (χ1) is 14.5. The van der Waals surface area contributed by atoms with Crippen LogP contribution in [0.15, 0.2) is 45.9 Å². The Morgan fingerprint density at radius 3 is 2.67 bits per heavy atom. The van der Waals surface area contributed by atoms with Gasteiger partial charge in [-0.3, -0.25) is 4.79 Å². The number of rotatable bonds is 6. The fraction of sp³-hybridized carbons (Fsp3) is 0.435. The second kappa shape index (κ2) is 8.83. The van der Waals surface area contributed by atoms with Crippen LogP contribution in [0.1, 0.15) is 36.8 Å². The Bertz CT molecular complexity index is 1070. The third kappa shape index (κ3) is 4.62. The molecule has 1 fully saturated rings. The molecule has 0 unspecified atom stereocenters. The van der Waals surface area contributed by atoms with Gasteiger partial charge in [0.15, 0.2) is 5.43 Å². The number of benzene rings is 1. The number of anilines is 2. The monoisotopic (exact) mass is 407 g/mol. The lowest BCUT2D eigenvalue weighted by Gasteiger charge is -2.30. The van der Waals surface area contributed by atoms with E-state index in [1.165, 1.54) is 0 Å². The summed E-state index contributed by atoms with van der Waals surface area (Å²) in [6, 6.07) is 8.37. The van der Waals surface area contributed by atoms with Gasteiger partial charge in [0.05, 0.1) is 11.6 Å². The summed E-state index contributed by atoms with van der Waals surface area (Å²) >= 11 is 0. The zero-order chi connectivity index (χ0) is 21.1. The van der Waals surface area contributed by atoms with Crippen molar-refractivity contribution in [3.8, 4) is 0 Å². The van der Waals surface area contributed by atoms with E-state index in [2.05, 4.69) is 20.6 Å². The third-order valence-electron chi connectivity index (χ3n) is 5.74. The van der Waals surface area contributed by atoms with Gasteiger partial charge in [0.25, 0.3) is 0 Å². The van der Waals surface area contributed by atoms with Crippen LogP contribution in [-0.2, 0) is 6.54 Å². The van der Waals surface area contributed by atoms with Crippen LogP contribution in [0.2, 0.25) is 0 Å². The smallest absolute Gasteiger partial charge is 0.224 e. The Kier molecular flexibility index (Phi) is 5.99. The van der Waals surface area contributed by atoms with Gasteiger partial charge in [-0.2, -0.15) is 4.98 Å². The molecule has 0 saturated heterocycles. The molecule has 0 bridgehead atoms. The molecule has 158 valence electrons. The first kappa shape index (κ1) is 20.3. The number of hydrogen-bond donors (Lipinski definition) is 2. The lowest BCUT2D eigenvalue weighted by Crippen LogP contribution is -2.37. The Balaban J connectivity index is 1.31. The Morgan fingerprint density at radius 1 is 1.13 bits per heavy atom. The van der Waals surface area contributed by atoms with Crippen molar-refractivity contribution in [3.05, 3.63) is 58.1 Å². The van der Waals surface area contributed by atoms with Gasteiger partial charge in [-0.1, -0.05) is 11.6 Å². The maximum absolute atomic E-state index is 12.8. The molecule has 0 radical (unpaired) electrons. The molecule has 7 heteroatoms. The van der Waals surface area contributed by atoms with Crippen LogP contribution >= 0.6 is 0 Å². The van der Waals surface area contributed by atoms with Crippen molar-refractivity contribution in [1.29, 1.82) is 0 Å². The predicted molar refractivity (Wildman–Crippen MR) is 120 cm³/mol. The molecule has 4 rings (SSSR count). The highest BCUT2D eigenvalue weighted by Crippen LogP contribution is 2.22. The molecular formula is C23H29N5O2. The number of nitrogens with one attached hydrogen (secondary N) is 2. The molecule has 0 spiro atoms. The first-order valence-electron chi connectivity index (χ1n) is 10.5. The van der Waals surface area contributed by atoms with Crippen LogP contribution in [-0.4, -0.2) is 36.1 Å². The Hall–Kier alpha value is -2.93. The van der Waals surface area contributed by atoms with E-state index in [9.17, 15) is 4.79 Å². The molecule has 2 heterocycles. The summed E-state index contributed by atoms with van der Waals surface area (Å²) < 4.78 is 5.66. The number of nitrogens with zero attached hydrogens (tertiary/aromatic N) is 3. The molecule has 30 heavy (non-hydrogen) atoms. The van der Waals surface area contributed by atoms with Crippen molar-refractivity contribution in [2.24, 2.45) is 0 Å². The highest BCUT2D eigenvalue weighted by molar-refractivity contribution is 5.77. The SMILES string of the molecule is Cc1ccc2occ(CNC3CCC(Nc4nccc(N(C)C)n4)CC3)c(=O)c2c1. The molecule has 1 saturated carbocycles. The van der Waals surface area contributed by atoms with Crippen molar-refractivity contribution in [2.45, 2.75) is 51.2 Å². The summed E-state index contributed by atoms with van der Waals surface area (Å²) in [7, 11) is 3.95. The minimum Gasteiger partial charge on any atom is -0.464 e.